The highest BCUT2D eigenvalue weighted by molar-refractivity contribution is 5.86. The van der Waals surface area contributed by atoms with Crippen LogP contribution in [0, 0.1) is 0 Å². The van der Waals surface area contributed by atoms with Gasteiger partial charge in [-0.05, 0) is 12.1 Å². The summed E-state index contributed by atoms with van der Waals surface area (Å²) in [6.45, 7) is 0.00415. The highest BCUT2D eigenvalue weighted by Gasteiger charge is 2.19. The Morgan fingerprint density at radius 2 is 2.09 bits per heavy atom. The summed E-state index contributed by atoms with van der Waals surface area (Å²) in [7, 11) is 2.86. The fraction of sp³-hybridized carbons (Fsp3) is 0.286. The molecule has 0 bridgehead atoms. The van der Waals surface area contributed by atoms with E-state index in [4.69, 9.17) is 14.6 Å². The van der Waals surface area contributed by atoms with E-state index in [2.05, 4.69) is 9.97 Å². The zero-order valence-electron chi connectivity index (χ0n) is 12.1. The fourth-order valence-electron chi connectivity index (χ4n) is 1.93. The summed E-state index contributed by atoms with van der Waals surface area (Å²) < 4.78 is 11.4. The quantitative estimate of drug-likeness (QED) is 0.780. The Morgan fingerprint density at radius 1 is 1.36 bits per heavy atom. The van der Waals surface area contributed by atoms with Gasteiger partial charge in [0.15, 0.2) is 6.29 Å². The third-order valence-electron chi connectivity index (χ3n) is 3.05. The Hall–Kier alpha value is -2.58. The molecule has 0 saturated carbocycles. The molecule has 116 valence electrons. The molecule has 0 spiro atoms. The third kappa shape index (κ3) is 3.18. The van der Waals surface area contributed by atoms with Gasteiger partial charge in [-0.25, -0.2) is 9.78 Å². The number of nitrogens with zero attached hydrogens (tertiary/aromatic N) is 3. The molecule has 2 rings (SSSR count). The first-order chi connectivity index (χ1) is 10.6. The molecule has 0 atom stereocenters. The molecule has 0 amide bonds. The molecule has 0 unspecified atom stereocenters. The van der Waals surface area contributed by atoms with Gasteiger partial charge in [-0.3, -0.25) is 14.3 Å². The lowest BCUT2D eigenvalue weighted by Crippen LogP contribution is -2.33. The predicted molar refractivity (Wildman–Crippen MR) is 76.5 cm³/mol. The molecule has 1 N–H and O–H groups in total. The van der Waals surface area contributed by atoms with E-state index < -0.39 is 23.4 Å². The van der Waals surface area contributed by atoms with Gasteiger partial charge in [0.1, 0.15) is 11.4 Å². The Labute approximate surface area is 126 Å². The van der Waals surface area contributed by atoms with Crippen molar-refractivity contribution in [3.05, 3.63) is 46.6 Å². The van der Waals surface area contributed by atoms with Gasteiger partial charge in [0.2, 0.25) is 0 Å². The molecule has 0 radical (unpaired) electrons. The normalized spacial score (nSPS) is 10.9. The second-order valence-electron chi connectivity index (χ2n) is 4.36. The molecule has 22 heavy (non-hydrogen) atoms. The minimum atomic E-state index is -1.34. The summed E-state index contributed by atoms with van der Waals surface area (Å²) in [5.41, 5.74) is -0.512. The van der Waals surface area contributed by atoms with Crippen LogP contribution in [0.25, 0.3) is 11.4 Å². The van der Waals surface area contributed by atoms with Crippen molar-refractivity contribution in [1.82, 2.24) is 14.5 Å². The summed E-state index contributed by atoms with van der Waals surface area (Å²) in [6.07, 6.45) is 3.45. The average Bonchev–Trinajstić information content (AvgIpc) is 2.54. The lowest BCUT2D eigenvalue weighted by molar-refractivity contribution is -0.111. The number of carbonyl (C=O) groups is 1. The van der Waals surface area contributed by atoms with Crippen LogP contribution >= 0.6 is 0 Å². The number of hydrogen-bond acceptors (Lipinski definition) is 6. The molecular weight excluding hydrogens is 290 g/mol. The summed E-state index contributed by atoms with van der Waals surface area (Å²) >= 11 is 0. The van der Waals surface area contributed by atoms with Crippen LogP contribution in [0.3, 0.4) is 0 Å². The standard InChI is InChI=1S/C14H15N3O5/c1-21-11(22-2)8-17-12(9-4-3-5-15-6-9)16-7-10(13(17)18)14(19)20/h3-7,11H,8H2,1-2H3,(H,19,20). The Balaban J connectivity index is 2.61. The van der Waals surface area contributed by atoms with Crippen molar-refractivity contribution in [1.29, 1.82) is 0 Å². The molecule has 0 fully saturated rings. The summed E-state index contributed by atoms with van der Waals surface area (Å²) in [6, 6.07) is 3.42. The van der Waals surface area contributed by atoms with Crippen LogP contribution in [0.5, 0.6) is 0 Å². The van der Waals surface area contributed by atoms with Gasteiger partial charge in [-0.15, -0.1) is 0 Å². The predicted octanol–water partition coefficient (Wildman–Crippen LogP) is 0.622. The minimum absolute atomic E-state index is 0.00415. The number of aromatic carboxylic acids is 1. The van der Waals surface area contributed by atoms with Crippen LogP contribution in [0.2, 0.25) is 0 Å². The zero-order valence-corrected chi connectivity index (χ0v) is 12.1. The number of carboxylic acids is 1. The molecule has 0 aliphatic rings. The smallest absolute Gasteiger partial charge is 0.342 e. The van der Waals surface area contributed by atoms with Crippen molar-refractivity contribution in [3.63, 3.8) is 0 Å². The van der Waals surface area contributed by atoms with Crippen molar-refractivity contribution < 1.29 is 19.4 Å². The molecule has 0 aliphatic heterocycles. The fourth-order valence-corrected chi connectivity index (χ4v) is 1.93. The number of pyridine rings is 1. The molecule has 0 saturated heterocycles. The van der Waals surface area contributed by atoms with Gasteiger partial charge in [-0.2, -0.15) is 0 Å². The van der Waals surface area contributed by atoms with Crippen LogP contribution in [-0.2, 0) is 16.0 Å². The monoisotopic (exact) mass is 305 g/mol. The zero-order chi connectivity index (χ0) is 16.1. The second kappa shape index (κ2) is 6.92. The molecule has 0 aromatic carbocycles. The number of hydrogen-bond donors (Lipinski definition) is 1. The molecule has 8 nitrogen and oxygen atoms in total. The van der Waals surface area contributed by atoms with E-state index in [-0.39, 0.29) is 6.54 Å². The highest BCUT2D eigenvalue weighted by atomic mass is 16.7. The molecule has 0 aliphatic carbocycles. The lowest BCUT2D eigenvalue weighted by Gasteiger charge is -2.18. The molecule has 2 heterocycles. The minimum Gasteiger partial charge on any atom is -0.477 e. The van der Waals surface area contributed by atoms with E-state index in [1.54, 1.807) is 18.3 Å². The van der Waals surface area contributed by atoms with Gasteiger partial charge in [0, 0.05) is 38.4 Å². The molecular formula is C14H15N3O5. The number of rotatable bonds is 6. The van der Waals surface area contributed by atoms with Gasteiger partial charge >= 0.3 is 5.97 Å². The van der Waals surface area contributed by atoms with Crippen molar-refractivity contribution in [2.24, 2.45) is 0 Å². The van der Waals surface area contributed by atoms with Crippen LogP contribution < -0.4 is 5.56 Å². The van der Waals surface area contributed by atoms with Crippen LogP contribution in [0.4, 0.5) is 0 Å². The number of methoxy groups -OCH3 is 2. The first-order valence-corrected chi connectivity index (χ1v) is 6.37. The SMILES string of the molecule is COC(Cn1c(-c2cccnc2)ncc(C(=O)O)c1=O)OC. The van der Waals surface area contributed by atoms with Crippen LogP contribution in [0.1, 0.15) is 10.4 Å². The van der Waals surface area contributed by atoms with Crippen molar-refractivity contribution in [2.45, 2.75) is 12.8 Å². The first kappa shape index (κ1) is 15.8. The number of ether oxygens (including phenoxy) is 2. The molecule has 8 heteroatoms. The summed E-state index contributed by atoms with van der Waals surface area (Å²) in [5, 5.41) is 9.07. The van der Waals surface area contributed by atoms with E-state index in [0.717, 1.165) is 6.20 Å². The van der Waals surface area contributed by atoms with Gasteiger partial charge < -0.3 is 14.6 Å². The van der Waals surface area contributed by atoms with Gasteiger partial charge in [0.25, 0.3) is 5.56 Å². The van der Waals surface area contributed by atoms with E-state index >= 15 is 0 Å². The van der Waals surface area contributed by atoms with Crippen LogP contribution in [-0.4, -0.2) is 46.1 Å². The van der Waals surface area contributed by atoms with Crippen molar-refractivity contribution in [3.8, 4) is 11.4 Å². The maximum Gasteiger partial charge on any atom is 0.342 e. The topological polar surface area (TPSA) is 104 Å². The summed E-state index contributed by atoms with van der Waals surface area (Å²) in [4.78, 5) is 31.6. The molecule has 2 aromatic heterocycles. The van der Waals surface area contributed by atoms with E-state index in [1.165, 1.54) is 25.0 Å². The highest BCUT2D eigenvalue weighted by Crippen LogP contribution is 2.15. The second-order valence-corrected chi connectivity index (χ2v) is 4.36. The lowest BCUT2D eigenvalue weighted by atomic mass is 10.2. The van der Waals surface area contributed by atoms with Gasteiger partial charge in [-0.1, -0.05) is 0 Å². The number of carboxylic acid groups (broad SMARTS) is 1. The maximum absolute atomic E-state index is 12.4. The Morgan fingerprint density at radius 3 is 2.64 bits per heavy atom. The first-order valence-electron chi connectivity index (χ1n) is 6.37. The van der Waals surface area contributed by atoms with Crippen LogP contribution in [0.15, 0.2) is 35.5 Å². The van der Waals surface area contributed by atoms with E-state index in [9.17, 15) is 9.59 Å². The van der Waals surface area contributed by atoms with Crippen molar-refractivity contribution in [2.75, 3.05) is 14.2 Å². The maximum atomic E-state index is 12.4. The third-order valence-corrected chi connectivity index (χ3v) is 3.05. The van der Waals surface area contributed by atoms with Gasteiger partial charge in [0.05, 0.1) is 6.54 Å². The molecule has 2 aromatic rings. The number of aromatic nitrogens is 3. The van der Waals surface area contributed by atoms with E-state index in [0.29, 0.717) is 11.4 Å². The summed E-state index contributed by atoms with van der Waals surface area (Å²) in [5.74, 6) is -1.04. The average molecular weight is 305 g/mol. The van der Waals surface area contributed by atoms with E-state index in [1.807, 2.05) is 0 Å². The Bertz CT molecular complexity index is 710. The largest absolute Gasteiger partial charge is 0.477 e. The Kier molecular flexibility index (Phi) is 4.97. The van der Waals surface area contributed by atoms with Crippen molar-refractivity contribution >= 4 is 5.97 Å².